The van der Waals surface area contributed by atoms with Gasteiger partial charge in [0, 0.05) is 38.2 Å². The fraction of sp³-hybridized carbons (Fsp3) is 0.625. The topological polar surface area (TPSA) is 77.0 Å². The minimum atomic E-state index is 0.217. The number of carbonyl (C=O) groups is 1. The largest absolute Gasteiger partial charge is 0.339 e. The van der Waals surface area contributed by atoms with E-state index < -0.39 is 0 Å². The molecule has 2 aromatic rings. The first-order valence-electron chi connectivity index (χ1n) is 8.34. The molecule has 3 rings (SSSR count). The maximum absolute atomic E-state index is 12.5. The summed E-state index contributed by atoms with van der Waals surface area (Å²) in [6.45, 7) is 3.62. The Bertz CT molecular complexity index is 622. The van der Waals surface area contributed by atoms with Crippen molar-refractivity contribution in [1.29, 1.82) is 0 Å². The number of rotatable bonds is 7. The third-order valence-corrected chi connectivity index (χ3v) is 4.26. The zero-order chi connectivity index (χ0) is 16.1. The molecule has 0 spiro atoms. The molecule has 23 heavy (non-hydrogen) atoms. The van der Waals surface area contributed by atoms with E-state index in [1.165, 1.54) is 0 Å². The Morgan fingerprint density at radius 1 is 1.48 bits per heavy atom. The zero-order valence-electron chi connectivity index (χ0n) is 13.5. The van der Waals surface area contributed by atoms with Gasteiger partial charge in [0.15, 0.2) is 5.82 Å². The van der Waals surface area contributed by atoms with Gasteiger partial charge in [-0.3, -0.25) is 9.48 Å². The van der Waals surface area contributed by atoms with Crippen LogP contribution in [0.2, 0.25) is 0 Å². The zero-order valence-corrected chi connectivity index (χ0v) is 13.5. The molecule has 0 saturated carbocycles. The van der Waals surface area contributed by atoms with Crippen LogP contribution in [0.25, 0.3) is 0 Å². The average Bonchev–Trinajstić information content (AvgIpc) is 3.28. The second-order valence-electron chi connectivity index (χ2n) is 5.92. The molecule has 1 fully saturated rings. The molecule has 2 aromatic heterocycles. The molecule has 0 aromatic carbocycles. The van der Waals surface area contributed by atoms with Gasteiger partial charge in [-0.25, -0.2) is 0 Å². The van der Waals surface area contributed by atoms with E-state index in [1.54, 1.807) is 6.20 Å². The van der Waals surface area contributed by atoms with Crippen LogP contribution in [0.1, 0.15) is 44.3 Å². The Kier molecular flexibility index (Phi) is 5.05. The van der Waals surface area contributed by atoms with Crippen molar-refractivity contribution in [2.45, 2.75) is 58.0 Å². The highest BCUT2D eigenvalue weighted by atomic mass is 16.5. The quantitative estimate of drug-likeness (QED) is 0.779. The summed E-state index contributed by atoms with van der Waals surface area (Å²) in [5, 5.41) is 8.11. The number of amides is 1. The van der Waals surface area contributed by atoms with Crippen molar-refractivity contribution in [3.8, 4) is 0 Å². The minimum Gasteiger partial charge on any atom is -0.339 e. The molecular formula is C16H23N5O2. The monoisotopic (exact) mass is 317 g/mol. The van der Waals surface area contributed by atoms with Crippen LogP contribution in [0, 0.1) is 0 Å². The van der Waals surface area contributed by atoms with Crippen molar-refractivity contribution >= 4 is 5.91 Å². The Morgan fingerprint density at radius 3 is 3.13 bits per heavy atom. The Balaban J connectivity index is 1.47. The van der Waals surface area contributed by atoms with E-state index in [1.807, 2.05) is 28.8 Å². The molecule has 0 N–H and O–H groups in total. The number of nitrogens with zero attached hydrogens (tertiary/aromatic N) is 5. The van der Waals surface area contributed by atoms with Crippen molar-refractivity contribution in [3.63, 3.8) is 0 Å². The van der Waals surface area contributed by atoms with Crippen LogP contribution in [0.5, 0.6) is 0 Å². The van der Waals surface area contributed by atoms with Gasteiger partial charge in [0.05, 0.1) is 12.6 Å². The lowest BCUT2D eigenvalue weighted by Gasteiger charge is -2.24. The van der Waals surface area contributed by atoms with Crippen LogP contribution in [-0.4, -0.2) is 43.3 Å². The number of hydrogen-bond acceptors (Lipinski definition) is 5. The molecule has 0 aliphatic carbocycles. The van der Waals surface area contributed by atoms with Gasteiger partial charge >= 0.3 is 0 Å². The fourth-order valence-electron chi connectivity index (χ4n) is 3.05. The smallest absolute Gasteiger partial charge is 0.226 e. The molecular weight excluding hydrogens is 294 g/mol. The van der Waals surface area contributed by atoms with E-state index in [4.69, 9.17) is 4.52 Å². The minimum absolute atomic E-state index is 0.217. The first kappa shape index (κ1) is 15.7. The molecule has 1 aliphatic heterocycles. The van der Waals surface area contributed by atoms with Crippen LogP contribution in [-0.2, 0) is 24.2 Å². The summed E-state index contributed by atoms with van der Waals surface area (Å²) in [6.07, 6.45) is 8.55. The number of hydrogen-bond donors (Lipinski definition) is 0. The Labute approximate surface area is 135 Å². The van der Waals surface area contributed by atoms with E-state index in [9.17, 15) is 4.79 Å². The normalized spacial score (nSPS) is 17.8. The molecule has 3 heterocycles. The lowest BCUT2D eigenvalue weighted by molar-refractivity contribution is -0.132. The predicted molar refractivity (Wildman–Crippen MR) is 83.6 cm³/mol. The number of carbonyl (C=O) groups excluding carboxylic acids is 1. The van der Waals surface area contributed by atoms with Gasteiger partial charge in [-0.2, -0.15) is 10.1 Å². The third-order valence-electron chi connectivity index (χ3n) is 4.26. The molecule has 0 radical (unpaired) electrons. The fourth-order valence-corrected chi connectivity index (χ4v) is 3.05. The summed E-state index contributed by atoms with van der Waals surface area (Å²) in [5.41, 5.74) is 0. The first-order valence-corrected chi connectivity index (χ1v) is 8.34. The van der Waals surface area contributed by atoms with Gasteiger partial charge < -0.3 is 9.42 Å². The molecule has 0 bridgehead atoms. The highest BCUT2D eigenvalue weighted by Crippen LogP contribution is 2.20. The van der Waals surface area contributed by atoms with E-state index in [2.05, 4.69) is 15.2 Å². The van der Waals surface area contributed by atoms with Gasteiger partial charge in [-0.15, -0.1) is 0 Å². The maximum Gasteiger partial charge on any atom is 0.226 e. The van der Waals surface area contributed by atoms with E-state index in [-0.39, 0.29) is 11.9 Å². The Morgan fingerprint density at radius 2 is 2.39 bits per heavy atom. The van der Waals surface area contributed by atoms with Crippen LogP contribution < -0.4 is 0 Å². The Hall–Kier alpha value is -2.18. The molecule has 124 valence electrons. The van der Waals surface area contributed by atoms with Gasteiger partial charge in [0.2, 0.25) is 11.8 Å². The first-order chi connectivity index (χ1) is 11.3. The standard InChI is InChI=1S/C16H23N5O2/c1-2-14-18-15(23-19-14)7-3-8-16(22)21-11-4-6-13(21)12-20-10-5-9-17-20/h5,9-10,13H,2-4,6-8,11-12H2,1H3/t13-/m0/s1. The van der Waals surface area contributed by atoms with E-state index in [0.717, 1.165) is 44.6 Å². The van der Waals surface area contributed by atoms with Crippen molar-refractivity contribution in [2.75, 3.05) is 6.54 Å². The van der Waals surface area contributed by atoms with Crippen LogP contribution in [0.3, 0.4) is 0 Å². The van der Waals surface area contributed by atoms with E-state index in [0.29, 0.717) is 18.7 Å². The summed E-state index contributed by atoms with van der Waals surface area (Å²) in [6, 6.07) is 2.17. The molecule has 1 atom stereocenters. The molecule has 1 aliphatic rings. The number of aryl methyl sites for hydroxylation is 2. The third kappa shape index (κ3) is 3.97. The summed E-state index contributed by atoms with van der Waals surface area (Å²) >= 11 is 0. The summed E-state index contributed by atoms with van der Waals surface area (Å²) in [4.78, 5) is 18.7. The van der Waals surface area contributed by atoms with Gasteiger partial charge in [-0.1, -0.05) is 12.1 Å². The summed E-state index contributed by atoms with van der Waals surface area (Å²) in [7, 11) is 0. The van der Waals surface area contributed by atoms with E-state index >= 15 is 0 Å². The van der Waals surface area contributed by atoms with Crippen molar-refractivity contribution < 1.29 is 9.32 Å². The number of aromatic nitrogens is 4. The maximum atomic E-state index is 12.5. The second-order valence-corrected chi connectivity index (χ2v) is 5.92. The molecule has 1 amide bonds. The molecule has 7 nitrogen and oxygen atoms in total. The van der Waals surface area contributed by atoms with Gasteiger partial charge in [-0.05, 0) is 25.3 Å². The molecule has 0 unspecified atom stereocenters. The van der Waals surface area contributed by atoms with Crippen LogP contribution >= 0.6 is 0 Å². The van der Waals surface area contributed by atoms with Crippen molar-refractivity contribution in [2.24, 2.45) is 0 Å². The molecule has 7 heteroatoms. The van der Waals surface area contributed by atoms with Crippen molar-refractivity contribution in [3.05, 3.63) is 30.2 Å². The number of likely N-dealkylation sites (tertiary alicyclic amines) is 1. The van der Waals surface area contributed by atoms with Gasteiger partial charge in [0.1, 0.15) is 0 Å². The lowest BCUT2D eigenvalue weighted by Crippen LogP contribution is -2.38. The lowest BCUT2D eigenvalue weighted by atomic mass is 10.2. The summed E-state index contributed by atoms with van der Waals surface area (Å²) < 4.78 is 7.06. The van der Waals surface area contributed by atoms with Crippen molar-refractivity contribution in [1.82, 2.24) is 24.8 Å². The second kappa shape index (κ2) is 7.39. The van der Waals surface area contributed by atoms with Gasteiger partial charge in [0.25, 0.3) is 0 Å². The predicted octanol–water partition coefficient (Wildman–Crippen LogP) is 1.84. The summed E-state index contributed by atoms with van der Waals surface area (Å²) in [5.74, 6) is 1.57. The van der Waals surface area contributed by atoms with Crippen LogP contribution in [0.15, 0.2) is 23.0 Å². The molecule has 1 saturated heterocycles. The highest BCUT2D eigenvalue weighted by molar-refractivity contribution is 5.76. The van der Waals surface area contributed by atoms with Crippen LogP contribution in [0.4, 0.5) is 0 Å². The highest BCUT2D eigenvalue weighted by Gasteiger charge is 2.28. The SMILES string of the molecule is CCc1noc(CCCC(=O)N2CCC[C@H]2Cn2cccn2)n1. The average molecular weight is 317 g/mol.